The molecule has 0 amide bonds. The van der Waals surface area contributed by atoms with Crippen molar-refractivity contribution in [3.63, 3.8) is 0 Å². The number of hydrogen-bond donors (Lipinski definition) is 0. The molecule has 0 atom stereocenters. The van der Waals surface area contributed by atoms with Gasteiger partial charge in [-0.05, 0) is 32.0 Å². The first kappa shape index (κ1) is 14.5. The van der Waals surface area contributed by atoms with E-state index in [1.165, 1.54) is 17.1 Å². The summed E-state index contributed by atoms with van der Waals surface area (Å²) >= 11 is 0. The molecule has 22 heavy (non-hydrogen) atoms. The largest absolute Gasteiger partial charge is 0.294 e. The Morgan fingerprint density at radius 1 is 1.00 bits per heavy atom. The van der Waals surface area contributed by atoms with Crippen LogP contribution in [0.15, 0.2) is 59.6 Å². The van der Waals surface area contributed by atoms with Crippen molar-refractivity contribution >= 4 is 26.7 Å². The summed E-state index contributed by atoms with van der Waals surface area (Å²) in [5.74, 6) is -0.158. The third-order valence-corrected chi connectivity index (χ3v) is 5.32. The van der Waals surface area contributed by atoms with Crippen LogP contribution in [0.5, 0.6) is 0 Å². The Bertz CT molecular complexity index is 967. The molecule has 0 N–H and O–H groups in total. The maximum Gasteiger partial charge on any atom is 0.268 e. The van der Waals surface area contributed by atoms with E-state index in [2.05, 4.69) is 0 Å². The lowest BCUT2D eigenvalue weighted by atomic mass is 10.1. The van der Waals surface area contributed by atoms with Crippen molar-refractivity contribution in [1.29, 1.82) is 0 Å². The van der Waals surface area contributed by atoms with Gasteiger partial charge in [-0.3, -0.25) is 4.79 Å². The Hall–Kier alpha value is -2.40. The number of Topliss-reactive ketones (excluding diaryl/α,β-unsaturated/α-hetero) is 1. The van der Waals surface area contributed by atoms with E-state index in [0.29, 0.717) is 16.5 Å². The molecule has 0 saturated heterocycles. The molecule has 0 unspecified atom stereocenters. The Labute approximate surface area is 129 Å². The van der Waals surface area contributed by atoms with E-state index in [-0.39, 0.29) is 10.7 Å². The molecule has 0 bridgehead atoms. The molecule has 0 aliphatic rings. The van der Waals surface area contributed by atoms with Crippen LogP contribution in [0.1, 0.15) is 22.8 Å². The van der Waals surface area contributed by atoms with E-state index in [0.717, 1.165) is 5.56 Å². The summed E-state index contributed by atoms with van der Waals surface area (Å²) in [5.41, 5.74) is 1.90. The molecule has 3 aromatic rings. The minimum atomic E-state index is -3.73. The van der Waals surface area contributed by atoms with E-state index in [1.54, 1.807) is 48.5 Å². The maximum atomic E-state index is 12.8. The number of carbonyl (C=O) groups is 1. The maximum absolute atomic E-state index is 12.8. The summed E-state index contributed by atoms with van der Waals surface area (Å²) in [6, 6.07) is 13.7. The molecule has 1 heterocycles. The van der Waals surface area contributed by atoms with Crippen molar-refractivity contribution in [2.24, 2.45) is 0 Å². The summed E-state index contributed by atoms with van der Waals surface area (Å²) in [6.45, 7) is 3.33. The van der Waals surface area contributed by atoms with Gasteiger partial charge in [0.25, 0.3) is 10.0 Å². The number of carbonyl (C=O) groups excluding carboxylic acids is 1. The fourth-order valence-corrected chi connectivity index (χ4v) is 3.82. The first-order valence-electron chi connectivity index (χ1n) is 6.84. The van der Waals surface area contributed by atoms with Gasteiger partial charge >= 0.3 is 0 Å². The lowest BCUT2D eigenvalue weighted by molar-refractivity contribution is 0.101. The predicted molar refractivity (Wildman–Crippen MR) is 85.7 cm³/mol. The number of ketones is 1. The summed E-state index contributed by atoms with van der Waals surface area (Å²) < 4.78 is 26.9. The third kappa shape index (κ3) is 2.23. The number of aromatic nitrogens is 1. The van der Waals surface area contributed by atoms with E-state index in [4.69, 9.17) is 0 Å². The first-order chi connectivity index (χ1) is 10.4. The fraction of sp³-hybridized carbons (Fsp3) is 0.118. The highest BCUT2D eigenvalue weighted by Crippen LogP contribution is 2.26. The van der Waals surface area contributed by atoms with Crippen molar-refractivity contribution in [3.8, 4) is 0 Å². The normalized spacial score (nSPS) is 11.7. The smallest absolute Gasteiger partial charge is 0.268 e. The molecule has 5 heteroatoms. The zero-order valence-corrected chi connectivity index (χ0v) is 13.1. The van der Waals surface area contributed by atoms with Crippen LogP contribution in [0.25, 0.3) is 10.9 Å². The Morgan fingerprint density at radius 3 is 2.27 bits per heavy atom. The van der Waals surface area contributed by atoms with E-state index < -0.39 is 10.0 Å². The molecule has 3 rings (SSSR count). The van der Waals surface area contributed by atoms with Crippen molar-refractivity contribution in [2.45, 2.75) is 18.7 Å². The molecule has 0 radical (unpaired) electrons. The van der Waals surface area contributed by atoms with E-state index >= 15 is 0 Å². The average molecular weight is 313 g/mol. The van der Waals surface area contributed by atoms with Crippen LogP contribution >= 0.6 is 0 Å². The van der Waals surface area contributed by atoms with Crippen LogP contribution in [-0.4, -0.2) is 18.2 Å². The van der Waals surface area contributed by atoms with Gasteiger partial charge in [-0.2, -0.15) is 0 Å². The average Bonchev–Trinajstić information content (AvgIpc) is 2.88. The summed E-state index contributed by atoms with van der Waals surface area (Å²) in [6.07, 6.45) is 1.40. The minimum Gasteiger partial charge on any atom is -0.294 e. The second-order valence-electron chi connectivity index (χ2n) is 5.23. The van der Waals surface area contributed by atoms with Gasteiger partial charge in [-0.15, -0.1) is 0 Å². The first-order valence-corrected chi connectivity index (χ1v) is 8.28. The van der Waals surface area contributed by atoms with Crippen LogP contribution in [-0.2, 0) is 10.0 Å². The summed E-state index contributed by atoms with van der Waals surface area (Å²) in [5, 5.41) is 0.644. The lowest BCUT2D eigenvalue weighted by Crippen LogP contribution is -2.11. The quantitative estimate of drug-likeness (QED) is 0.696. The van der Waals surface area contributed by atoms with E-state index in [1.807, 2.05) is 6.92 Å². The van der Waals surface area contributed by atoms with Crippen molar-refractivity contribution in [3.05, 3.63) is 65.9 Å². The molecule has 4 nitrogen and oxygen atoms in total. The molecule has 0 aliphatic heterocycles. The minimum absolute atomic E-state index is 0.158. The molecule has 112 valence electrons. The third-order valence-electron chi connectivity index (χ3n) is 3.64. The molecule has 0 saturated carbocycles. The number of rotatable bonds is 3. The molecule has 0 spiro atoms. The highest BCUT2D eigenvalue weighted by atomic mass is 32.2. The van der Waals surface area contributed by atoms with Crippen molar-refractivity contribution < 1.29 is 13.2 Å². The summed E-state index contributed by atoms with van der Waals surface area (Å²) in [7, 11) is -3.73. The van der Waals surface area contributed by atoms with Crippen molar-refractivity contribution in [2.75, 3.05) is 0 Å². The fourth-order valence-electron chi connectivity index (χ4n) is 2.45. The zero-order chi connectivity index (χ0) is 15.9. The Morgan fingerprint density at radius 2 is 1.64 bits per heavy atom. The van der Waals surface area contributed by atoms with Crippen LogP contribution in [0.3, 0.4) is 0 Å². The number of para-hydroxylation sites is 1. The molecule has 2 aromatic carbocycles. The van der Waals surface area contributed by atoms with Crippen LogP contribution in [0.2, 0.25) is 0 Å². The van der Waals surface area contributed by atoms with Gasteiger partial charge in [0, 0.05) is 17.1 Å². The monoisotopic (exact) mass is 313 g/mol. The van der Waals surface area contributed by atoms with Crippen LogP contribution < -0.4 is 0 Å². The number of hydrogen-bond acceptors (Lipinski definition) is 3. The second-order valence-corrected chi connectivity index (χ2v) is 7.04. The molecule has 1 aromatic heterocycles. The topological polar surface area (TPSA) is 56.1 Å². The van der Waals surface area contributed by atoms with Gasteiger partial charge in [0.2, 0.25) is 0 Å². The SMILES string of the molecule is CC(=O)c1cn(S(=O)(=O)c2ccc(C)cc2)c2ccccc12. The van der Waals surface area contributed by atoms with Crippen LogP contribution in [0.4, 0.5) is 0 Å². The Kier molecular flexibility index (Phi) is 3.37. The molecule has 0 fully saturated rings. The lowest BCUT2D eigenvalue weighted by Gasteiger charge is -2.07. The number of fused-ring (bicyclic) bond motifs is 1. The van der Waals surface area contributed by atoms with E-state index in [9.17, 15) is 13.2 Å². The van der Waals surface area contributed by atoms with Gasteiger partial charge in [0.1, 0.15) is 0 Å². The number of benzene rings is 2. The number of aryl methyl sites for hydroxylation is 1. The second kappa shape index (κ2) is 5.10. The summed E-state index contributed by atoms with van der Waals surface area (Å²) in [4.78, 5) is 12.0. The highest BCUT2D eigenvalue weighted by molar-refractivity contribution is 7.90. The number of nitrogens with zero attached hydrogens (tertiary/aromatic N) is 1. The molecule has 0 aliphatic carbocycles. The van der Waals surface area contributed by atoms with Gasteiger partial charge in [0.05, 0.1) is 10.4 Å². The predicted octanol–water partition coefficient (Wildman–Crippen LogP) is 3.39. The van der Waals surface area contributed by atoms with Gasteiger partial charge in [0.15, 0.2) is 5.78 Å². The molecular formula is C17H15NO3S. The van der Waals surface area contributed by atoms with Gasteiger partial charge < -0.3 is 0 Å². The van der Waals surface area contributed by atoms with Gasteiger partial charge in [-0.25, -0.2) is 12.4 Å². The van der Waals surface area contributed by atoms with Crippen molar-refractivity contribution in [1.82, 2.24) is 3.97 Å². The highest BCUT2D eigenvalue weighted by Gasteiger charge is 2.22. The zero-order valence-electron chi connectivity index (χ0n) is 12.3. The Balaban J connectivity index is 2.30. The van der Waals surface area contributed by atoms with Gasteiger partial charge in [-0.1, -0.05) is 35.9 Å². The standard InChI is InChI=1S/C17H15NO3S/c1-12-7-9-14(10-8-12)22(20,21)18-11-16(13(2)19)15-5-3-4-6-17(15)18/h3-11H,1-2H3. The van der Waals surface area contributed by atoms with Crippen LogP contribution in [0, 0.1) is 6.92 Å². The molecular weight excluding hydrogens is 298 g/mol.